The lowest BCUT2D eigenvalue weighted by Gasteiger charge is -2.09. The van der Waals surface area contributed by atoms with Crippen LogP contribution in [-0.4, -0.2) is 25.0 Å². The van der Waals surface area contributed by atoms with Crippen molar-refractivity contribution in [3.63, 3.8) is 0 Å². The first-order chi connectivity index (χ1) is 12.6. The average Bonchev–Trinajstić information content (AvgIpc) is 2.69. The van der Waals surface area contributed by atoms with E-state index in [1.54, 1.807) is 48.5 Å². The minimum absolute atomic E-state index is 0.268. The van der Waals surface area contributed by atoms with Crippen molar-refractivity contribution in [1.82, 2.24) is 10.9 Å². The first-order valence-corrected chi connectivity index (χ1v) is 8.07. The topological polar surface area (TPSA) is 100 Å². The maximum atomic E-state index is 12.0. The van der Waals surface area contributed by atoms with Gasteiger partial charge < -0.3 is 9.47 Å². The van der Waals surface area contributed by atoms with Gasteiger partial charge in [-0.1, -0.05) is 6.92 Å². The molecule has 2 rings (SSSR count). The zero-order valence-corrected chi connectivity index (χ0v) is 14.3. The van der Waals surface area contributed by atoms with Crippen LogP contribution in [0.1, 0.15) is 29.3 Å². The van der Waals surface area contributed by atoms with E-state index in [0.29, 0.717) is 29.2 Å². The molecule has 2 aromatic carbocycles. The Kier molecular flexibility index (Phi) is 7.01. The minimum atomic E-state index is -0.509. The predicted octanol–water partition coefficient (Wildman–Crippen LogP) is 2.19. The van der Waals surface area contributed by atoms with E-state index in [9.17, 15) is 9.59 Å². The number of nitrogens with one attached hydrogen (secondary N) is 2. The highest BCUT2D eigenvalue weighted by molar-refractivity contribution is 5.95. The van der Waals surface area contributed by atoms with Crippen molar-refractivity contribution in [2.24, 2.45) is 0 Å². The quantitative estimate of drug-likeness (QED) is 0.743. The van der Waals surface area contributed by atoms with Crippen molar-refractivity contribution in [2.75, 3.05) is 13.2 Å². The van der Waals surface area contributed by atoms with Crippen LogP contribution < -0.4 is 20.3 Å². The van der Waals surface area contributed by atoms with Gasteiger partial charge in [0.05, 0.1) is 18.2 Å². The van der Waals surface area contributed by atoms with E-state index in [2.05, 4.69) is 10.9 Å². The Morgan fingerprint density at radius 1 is 0.962 bits per heavy atom. The van der Waals surface area contributed by atoms with Crippen LogP contribution in [0.25, 0.3) is 0 Å². The largest absolute Gasteiger partial charge is 0.494 e. The Bertz CT molecular complexity index is 780. The summed E-state index contributed by atoms with van der Waals surface area (Å²) in [6.45, 7) is 2.35. The van der Waals surface area contributed by atoms with Gasteiger partial charge in [0.1, 0.15) is 11.5 Å². The highest BCUT2D eigenvalue weighted by Gasteiger charge is 2.08. The molecule has 0 radical (unpaired) electrons. The average molecular weight is 353 g/mol. The number of hydrogen-bond donors (Lipinski definition) is 2. The van der Waals surface area contributed by atoms with Gasteiger partial charge in [0.25, 0.3) is 11.8 Å². The number of nitriles is 1. The van der Waals surface area contributed by atoms with Crippen molar-refractivity contribution in [1.29, 1.82) is 5.26 Å². The van der Waals surface area contributed by atoms with Crippen LogP contribution in [0.2, 0.25) is 0 Å². The van der Waals surface area contributed by atoms with Crippen molar-refractivity contribution in [2.45, 2.75) is 13.3 Å². The summed E-state index contributed by atoms with van der Waals surface area (Å²) in [7, 11) is 0. The number of ether oxygens (including phenoxy) is 2. The molecule has 2 N–H and O–H groups in total. The van der Waals surface area contributed by atoms with Crippen molar-refractivity contribution in [3.05, 3.63) is 59.7 Å². The smallest absolute Gasteiger partial charge is 0.276 e. The molecular weight excluding hydrogens is 334 g/mol. The molecule has 2 amide bonds. The monoisotopic (exact) mass is 353 g/mol. The molecule has 0 spiro atoms. The summed E-state index contributed by atoms with van der Waals surface area (Å²) >= 11 is 0. The Labute approximate surface area is 151 Å². The maximum absolute atomic E-state index is 12.0. The first kappa shape index (κ1) is 18.8. The van der Waals surface area contributed by atoms with Crippen LogP contribution in [0, 0.1) is 11.3 Å². The van der Waals surface area contributed by atoms with Crippen molar-refractivity contribution < 1.29 is 19.1 Å². The number of carbonyl (C=O) groups excluding carboxylic acids is 2. The SMILES string of the molecule is CCCOc1ccc(C(=O)NNC(=O)COc2ccc(C#N)cc2)cc1. The van der Waals surface area contributed by atoms with Gasteiger partial charge in [0.15, 0.2) is 6.61 Å². The van der Waals surface area contributed by atoms with Crippen LogP contribution in [0.3, 0.4) is 0 Å². The molecule has 0 aliphatic heterocycles. The zero-order chi connectivity index (χ0) is 18.8. The van der Waals surface area contributed by atoms with Gasteiger partial charge in [-0.2, -0.15) is 5.26 Å². The number of benzene rings is 2. The number of carbonyl (C=O) groups is 2. The van der Waals surface area contributed by atoms with Crippen molar-refractivity contribution in [3.8, 4) is 17.6 Å². The lowest BCUT2D eigenvalue weighted by atomic mass is 10.2. The van der Waals surface area contributed by atoms with Crippen molar-refractivity contribution >= 4 is 11.8 Å². The van der Waals surface area contributed by atoms with Crippen LogP contribution >= 0.6 is 0 Å². The second-order valence-electron chi connectivity index (χ2n) is 5.30. The molecule has 26 heavy (non-hydrogen) atoms. The van der Waals surface area contributed by atoms with E-state index in [-0.39, 0.29) is 6.61 Å². The van der Waals surface area contributed by atoms with Crippen LogP contribution in [0.4, 0.5) is 0 Å². The second-order valence-corrected chi connectivity index (χ2v) is 5.30. The van der Waals surface area contributed by atoms with E-state index in [0.717, 1.165) is 6.42 Å². The third-order valence-corrected chi connectivity index (χ3v) is 3.26. The third kappa shape index (κ3) is 5.83. The molecule has 0 aromatic heterocycles. The zero-order valence-electron chi connectivity index (χ0n) is 14.3. The fraction of sp³-hybridized carbons (Fsp3) is 0.211. The van der Waals surface area contributed by atoms with Crippen LogP contribution in [-0.2, 0) is 4.79 Å². The summed E-state index contributed by atoms with van der Waals surface area (Å²) in [4.78, 5) is 23.7. The summed E-state index contributed by atoms with van der Waals surface area (Å²) in [5.74, 6) is 0.181. The summed E-state index contributed by atoms with van der Waals surface area (Å²) in [6, 6.07) is 15.0. The van der Waals surface area contributed by atoms with Gasteiger partial charge in [-0.25, -0.2) is 0 Å². The molecule has 0 unspecified atom stereocenters. The molecule has 0 heterocycles. The number of amides is 2. The Hall–Kier alpha value is -3.53. The summed E-state index contributed by atoms with van der Waals surface area (Å²) in [5, 5.41) is 8.71. The van der Waals surface area contributed by atoms with Gasteiger partial charge in [-0.05, 0) is 55.0 Å². The second kappa shape index (κ2) is 9.69. The molecule has 0 atom stereocenters. The molecule has 0 saturated heterocycles. The van der Waals surface area contributed by atoms with E-state index in [1.807, 2.05) is 13.0 Å². The van der Waals surface area contributed by atoms with Crippen LogP contribution in [0.5, 0.6) is 11.5 Å². The minimum Gasteiger partial charge on any atom is -0.494 e. The molecule has 7 heteroatoms. The number of hydrazine groups is 1. The van der Waals surface area contributed by atoms with E-state index >= 15 is 0 Å². The molecule has 0 bridgehead atoms. The summed E-state index contributed by atoms with van der Waals surface area (Å²) in [5.41, 5.74) is 5.48. The van der Waals surface area contributed by atoms with Gasteiger partial charge in [-0.15, -0.1) is 0 Å². The molecule has 7 nitrogen and oxygen atoms in total. The standard InChI is InChI=1S/C19H19N3O4/c1-2-11-25-16-9-5-15(6-10-16)19(24)22-21-18(23)13-26-17-7-3-14(12-20)4-8-17/h3-10H,2,11,13H2,1H3,(H,21,23)(H,22,24). The highest BCUT2D eigenvalue weighted by atomic mass is 16.5. The van der Waals surface area contributed by atoms with Crippen LogP contribution in [0.15, 0.2) is 48.5 Å². The number of hydrogen-bond acceptors (Lipinski definition) is 5. The number of rotatable bonds is 7. The predicted molar refractivity (Wildman–Crippen MR) is 94.5 cm³/mol. The van der Waals surface area contributed by atoms with E-state index < -0.39 is 11.8 Å². The Morgan fingerprint density at radius 2 is 1.58 bits per heavy atom. The normalized spacial score (nSPS) is 9.69. The Balaban J connectivity index is 1.75. The lowest BCUT2D eigenvalue weighted by Crippen LogP contribution is -2.43. The van der Waals surface area contributed by atoms with Gasteiger partial charge in [0, 0.05) is 5.56 Å². The molecular formula is C19H19N3O4. The van der Waals surface area contributed by atoms with Gasteiger partial charge in [0.2, 0.25) is 0 Å². The lowest BCUT2D eigenvalue weighted by molar-refractivity contribution is -0.123. The molecule has 0 aliphatic rings. The molecule has 0 fully saturated rings. The third-order valence-electron chi connectivity index (χ3n) is 3.26. The maximum Gasteiger partial charge on any atom is 0.276 e. The number of nitrogens with zero attached hydrogens (tertiary/aromatic N) is 1. The Morgan fingerprint density at radius 3 is 2.19 bits per heavy atom. The highest BCUT2D eigenvalue weighted by Crippen LogP contribution is 2.12. The molecule has 134 valence electrons. The summed E-state index contributed by atoms with van der Waals surface area (Å²) < 4.78 is 10.7. The molecule has 0 saturated carbocycles. The van der Waals surface area contributed by atoms with Gasteiger partial charge in [-0.3, -0.25) is 20.4 Å². The van der Waals surface area contributed by atoms with E-state index in [1.165, 1.54) is 0 Å². The molecule has 2 aromatic rings. The first-order valence-electron chi connectivity index (χ1n) is 8.07. The van der Waals surface area contributed by atoms with E-state index in [4.69, 9.17) is 14.7 Å². The van der Waals surface area contributed by atoms with Gasteiger partial charge >= 0.3 is 0 Å². The summed E-state index contributed by atoms with van der Waals surface area (Å²) in [6.07, 6.45) is 0.902. The molecule has 0 aliphatic carbocycles. The fourth-order valence-electron chi connectivity index (χ4n) is 1.93. The fourth-order valence-corrected chi connectivity index (χ4v) is 1.93.